The van der Waals surface area contributed by atoms with Crippen LogP contribution in [0.1, 0.15) is 25.6 Å². The van der Waals surface area contributed by atoms with E-state index in [9.17, 15) is 22.4 Å². The number of sulfone groups is 1. The minimum absolute atomic E-state index is 0.179. The van der Waals surface area contributed by atoms with Crippen LogP contribution in [0.3, 0.4) is 0 Å². The molecule has 2 aromatic carbocycles. The van der Waals surface area contributed by atoms with Gasteiger partial charge in [-0.25, -0.2) is 12.8 Å². The lowest BCUT2D eigenvalue weighted by molar-refractivity contribution is 0.0849. The highest BCUT2D eigenvalue weighted by molar-refractivity contribution is 7.89. The van der Waals surface area contributed by atoms with Gasteiger partial charge in [0.1, 0.15) is 5.82 Å². The zero-order valence-corrected chi connectivity index (χ0v) is 16.9. The summed E-state index contributed by atoms with van der Waals surface area (Å²) in [5.41, 5.74) is 6.13. The van der Waals surface area contributed by atoms with Gasteiger partial charge in [0.2, 0.25) is 0 Å². The van der Waals surface area contributed by atoms with Crippen LogP contribution in [-0.2, 0) is 15.6 Å². The van der Waals surface area contributed by atoms with Gasteiger partial charge in [-0.1, -0.05) is 24.3 Å². The van der Waals surface area contributed by atoms with E-state index in [0.717, 1.165) is 16.7 Å². The number of carbonyl (C=O) groups excluding carboxylic acids is 2. The molecule has 0 atom stereocenters. The zero-order valence-electron chi connectivity index (χ0n) is 15.3. The minimum Gasteiger partial charge on any atom is -0.267 e. The van der Waals surface area contributed by atoms with Crippen molar-refractivity contribution in [3.63, 3.8) is 0 Å². The lowest BCUT2D eigenvalue weighted by Crippen LogP contribution is -2.41. The standard InChI is InChI=1S/C20H17FN2O4S2/c1-29(26,27)12-13-3-2-4-15(11-13)19(24)22-23-20(25)18-10-9-17(28-18)14-5-7-16(21)8-6-14/h2-11H,12H2,1H3,(H,22,24)(H,23,25). The second-order valence-corrected chi connectivity index (χ2v) is 9.57. The molecule has 1 aromatic heterocycles. The Morgan fingerprint density at radius 1 is 0.966 bits per heavy atom. The molecule has 2 amide bonds. The Kier molecular flexibility index (Phi) is 6.09. The molecule has 0 aliphatic rings. The van der Waals surface area contributed by atoms with E-state index < -0.39 is 21.7 Å². The van der Waals surface area contributed by atoms with Crippen LogP contribution in [0.5, 0.6) is 0 Å². The van der Waals surface area contributed by atoms with Crippen LogP contribution < -0.4 is 10.9 Å². The average molecular weight is 432 g/mol. The van der Waals surface area contributed by atoms with E-state index in [1.165, 1.54) is 35.6 Å². The van der Waals surface area contributed by atoms with Crippen LogP contribution >= 0.6 is 11.3 Å². The zero-order chi connectivity index (χ0) is 21.0. The summed E-state index contributed by atoms with van der Waals surface area (Å²) in [5, 5.41) is 0. The van der Waals surface area contributed by atoms with Crippen molar-refractivity contribution in [3.8, 4) is 10.4 Å². The maximum absolute atomic E-state index is 13.0. The van der Waals surface area contributed by atoms with Crippen molar-refractivity contribution in [3.05, 3.63) is 82.5 Å². The summed E-state index contributed by atoms with van der Waals surface area (Å²) in [6.07, 6.45) is 1.11. The third kappa shape index (κ3) is 5.72. The molecule has 0 fully saturated rings. The molecule has 3 aromatic rings. The van der Waals surface area contributed by atoms with Crippen molar-refractivity contribution < 1.29 is 22.4 Å². The molecule has 0 spiro atoms. The Labute approximate surface area is 171 Å². The molecule has 150 valence electrons. The summed E-state index contributed by atoms with van der Waals surface area (Å²) in [4.78, 5) is 25.7. The maximum atomic E-state index is 13.0. The predicted molar refractivity (Wildman–Crippen MR) is 110 cm³/mol. The number of halogens is 1. The number of hydrogen-bond donors (Lipinski definition) is 2. The van der Waals surface area contributed by atoms with E-state index in [-0.39, 0.29) is 17.1 Å². The molecule has 0 bridgehead atoms. The van der Waals surface area contributed by atoms with Crippen LogP contribution in [0.25, 0.3) is 10.4 Å². The Bertz CT molecular complexity index is 1160. The van der Waals surface area contributed by atoms with Gasteiger partial charge in [-0.2, -0.15) is 0 Å². The number of carbonyl (C=O) groups is 2. The first-order valence-corrected chi connectivity index (χ1v) is 11.3. The SMILES string of the molecule is CS(=O)(=O)Cc1cccc(C(=O)NNC(=O)c2ccc(-c3ccc(F)cc3)s2)c1. The fourth-order valence-corrected chi connectivity index (χ4v) is 4.27. The van der Waals surface area contributed by atoms with Crippen molar-refractivity contribution >= 4 is 33.0 Å². The number of rotatable bonds is 5. The van der Waals surface area contributed by atoms with Crippen molar-refractivity contribution in [2.45, 2.75) is 5.75 Å². The summed E-state index contributed by atoms with van der Waals surface area (Å²) in [6, 6.07) is 15.4. The highest BCUT2D eigenvalue weighted by Gasteiger charge is 2.13. The topological polar surface area (TPSA) is 92.3 Å². The van der Waals surface area contributed by atoms with Gasteiger partial charge in [-0.15, -0.1) is 11.3 Å². The minimum atomic E-state index is -3.23. The molecule has 0 saturated carbocycles. The predicted octanol–water partition coefficient (Wildman–Crippen LogP) is 3.17. The molecule has 3 rings (SSSR count). The Morgan fingerprint density at radius 3 is 2.34 bits per heavy atom. The van der Waals surface area contributed by atoms with E-state index in [1.807, 2.05) is 0 Å². The first-order valence-electron chi connectivity index (χ1n) is 8.44. The largest absolute Gasteiger partial charge is 0.279 e. The van der Waals surface area contributed by atoms with Gasteiger partial charge in [-0.3, -0.25) is 20.4 Å². The summed E-state index contributed by atoms with van der Waals surface area (Å²) < 4.78 is 35.8. The second-order valence-electron chi connectivity index (χ2n) is 6.35. The van der Waals surface area contributed by atoms with Gasteiger partial charge < -0.3 is 0 Å². The van der Waals surface area contributed by atoms with Crippen molar-refractivity contribution in [1.82, 2.24) is 10.9 Å². The third-order valence-electron chi connectivity index (χ3n) is 3.87. The molecule has 0 aliphatic carbocycles. The van der Waals surface area contributed by atoms with E-state index in [4.69, 9.17) is 0 Å². The third-order valence-corrected chi connectivity index (χ3v) is 5.86. The Balaban J connectivity index is 1.63. The summed E-state index contributed by atoms with van der Waals surface area (Å²) in [7, 11) is -3.23. The molecular weight excluding hydrogens is 415 g/mol. The van der Waals surface area contributed by atoms with Crippen molar-refractivity contribution in [2.75, 3.05) is 6.26 Å². The molecule has 2 N–H and O–H groups in total. The molecule has 1 heterocycles. The second kappa shape index (κ2) is 8.54. The van der Waals surface area contributed by atoms with E-state index in [0.29, 0.717) is 10.4 Å². The van der Waals surface area contributed by atoms with Crippen LogP contribution in [0, 0.1) is 5.82 Å². The Morgan fingerprint density at radius 2 is 1.66 bits per heavy atom. The lowest BCUT2D eigenvalue weighted by Gasteiger charge is -2.07. The van der Waals surface area contributed by atoms with Gasteiger partial charge >= 0.3 is 0 Å². The summed E-state index contributed by atoms with van der Waals surface area (Å²) in [5.74, 6) is -1.58. The van der Waals surface area contributed by atoms with Crippen LogP contribution in [0.4, 0.5) is 4.39 Å². The monoisotopic (exact) mass is 432 g/mol. The molecule has 0 radical (unpaired) electrons. The van der Waals surface area contributed by atoms with Gasteiger partial charge in [0.05, 0.1) is 10.6 Å². The van der Waals surface area contributed by atoms with Gasteiger partial charge in [-0.05, 0) is 47.5 Å². The average Bonchev–Trinajstić information content (AvgIpc) is 3.15. The van der Waals surface area contributed by atoms with Crippen LogP contribution in [-0.4, -0.2) is 26.5 Å². The summed E-state index contributed by atoms with van der Waals surface area (Å²) >= 11 is 1.20. The smallest absolute Gasteiger partial charge is 0.267 e. The number of amides is 2. The highest BCUT2D eigenvalue weighted by Crippen LogP contribution is 2.28. The molecule has 0 unspecified atom stereocenters. The highest BCUT2D eigenvalue weighted by atomic mass is 32.2. The molecule has 9 heteroatoms. The fraction of sp³-hybridized carbons (Fsp3) is 0.100. The molecule has 6 nitrogen and oxygen atoms in total. The number of nitrogens with one attached hydrogen (secondary N) is 2. The quantitative estimate of drug-likeness (QED) is 0.606. The van der Waals surface area contributed by atoms with Crippen LogP contribution in [0.15, 0.2) is 60.7 Å². The number of thiophene rings is 1. The summed E-state index contributed by atoms with van der Waals surface area (Å²) in [6.45, 7) is 0. The van der Waals surface area contributed by atoms with E-state index >= 15 is 0 Å². The Hall–Kier alpha value is -3.04. The molecular formula is C20H17FN2O4S2. The van der Waals surface area contributed by atoms with E-state index in [1.54, 1.807) is 36.4 Å². The van der Waals surface area contributed by atoms with Crippen molar-refractivity contribution in [1.29, 1.82) is 0 Å². The van der Waals surface area contributed by atoms with Crippen molar-refractivity contribution in [2.24, 2.45) is 0 Å². The van der Waals surface area contributed by atoms with Gasteiger partial charge in [0.15, 0.2) is 9.84 Å². The molecule has 29 heavy (non-hydrogen) atoms. The van der Waals surface area contributed by atoms with Gasteiger partial charge in [0.25, 0.3) is 11.8 Å². The van der Waals surface area contributed by atoms with Crippen LogP contribution in [0.2, 0.25) is 0 Å². The maximum Gasteiger partial charge on any atom is 0.279 e. The first kappa shape index (κ1) is 20.7. The van der Waals surface area contributed by atoms with Gasteiger partial charge in [0, 0.05) is 16.7 Å². The lowest BCUT2D eigenvalue weighted by atomic mass is 10.1. The number of hydrazine groups is 1. The number of hydrogen-bond acceptors (Lipinski definition) is 5. The normalized spacial score (nSPS) is 11.1. The fourth-order valence-electron chi connectivity index (χ4n) is 2.58. The number of benzene rings is 2. The van der Waals surface area contributed by atoms with E-state index in [2.05, 4.69) is 10.9 Å². The first-order chi connectivity index (χ1) is 13.7. The molecule has 0 aliphatic heterocycles. The molecule has 0 saturated heterocycles.